The molecule has 1 heterocycles. The highest BCUT2D eigenvalue weighted by molar-refractivity contribution is 14.0. The van der Waals surface area contributed by atoms with Crippen LogP contribution in [0.1, 0.15) is 40.0 Å². The zero-order valence-electron chi connectivity index (χ0n) is 12.8. The molecule has 1 atom stereocenters. The fraction of sp³-hybridized carbons (Fsp3) is 0.929. The Hall–Kier alpha value is -0.0400. The highest BCUT2D eigenvalue weighted by Crippen LogP contribution is 2.14. The molecule has 0 spiro atoms. The molecule has 2 N–H and O–H groups in total. The van der Waals surface area contributed by atoms with Gasteiger partial charge in [0.15, 0.2) is 5.96 Å². The van der Waals surface area contributed by atoms with E-state index < -0.39 is 0 Å². The van der Waals surface area contributed by atoms with Gasteiger partial charge < -0.3 is 15.5 Å². The molecule has 1 saturated heterocycles. The Labute approximate surface area is 135 Å². The van der Waals surface area contributed by atoms with Gasteiger partial charge in [-0.2, -0.15) is 0 Å². The second kappa shape index (κ2) is 10.7. The standard InChI is InChI=1S/C14H30N4.HI/c1-4-9-17(5-2)11-8-16-14(15)18-10-6-7-13(3)12-18;/h13H,4-12H2,1-3H3,(H2,15,16);1H. The summed E-state index contributed by atoms with van der Waals surface area (Å²) in [4.78, 5) is 9.20. The molecule has 0 aromatic carbocycles. The predicted octanol–water partition coefficient (Wildman–Crippen LogP) is 2.38. The Kier molecular flexibility index (Phi) is 10.7. The average molecular weight is 382 g/mol. The molecule has 0 amide bonds. The largest absolute Gasteiger partial charge is 0.370 e. The zero-order valence-corrected chi connectivity index (χ0v) is 15.1. The van der Waals surface area contributed by atoms with Crippen molar-refractivity contribution in [3.05, 3.63) is 0 Å². The molecule has 0 aromatic heterocycles. The molecular formula is C14H31IN4. The quantitative estimate of drug-likeness (QED) is 0.436. The molecule has 1 unspecified atom stereocenters. The normalized spacial score (nSPS) is 20.5. The van der Waals surface area contributed by atoms with E-state index in [1.807, 2.05) is 0 Å². The maximum absolute atomic E-state index is 6.07. The zero-order chi connectivity index (χ0) is 13.4. The number of nitrogens with zero attached hydrogens (tertiary/aromatic N) is 3. The van der Waals surface area contributed by atoms with Crippen molar-refractivity contribution in [1.82, 2.24) is 9.80 Å². The molecule has 19 heavy (non-hydrogen) atoms. The summed E-state index contributed by atoms with van der Waals surface area (Å²) in [5, 5.41) is 0. The van der Waals surface area contributed by atoms with Crippen molar-refractivity contribution in [2.75, 3.05) is 39.3 Å². The number of aliphatic imine (C=N–C) groups is 1. The van der Waals surface area contributed by atoms with Crippen LogP contribution in [0.2, 0.25) is 0 Å². The molecule has 114 valence electrons. The second-order valence-corrected chi connectivity index (χ2v) is 5.37. The van der Waals surface area contributed by atoms with Crippen LogP contribution in [0.15, 0.2) is 4.99 Å². The molecule has 4 nitrogen and oxygen atoms in total. The molecule has 1 fully saturated rings. The number of nitrogens with two attached hydrogens (primary N) is 1. The molecular weight excluding hydrogens is 351 g/mol. The van der Waals surface area contributed by atoms with Crippen LogP contribution in [0.25, 0.3) is 0 Å². The number of piperidine rings is 1. The van der Waals surface area contributed by atoms with Gasteiger partial charge in [-0.3, -0.25) is 4.99 Å². The maximum atomic E-state index is 6.07. The maximum Gasteiger partial charge on any atom is 0.191 e. The van der Waals surface area contributed by atoms with E-state index in [1.54, 1.807) is 0 Å². The minimum Gasteiger partial charge on any atom is -0.370 e. The van der Waals surface area contributed by atoms with Crippen molar-refractivity contribution in [1.29, 1.82) is 0 Å². The van der Waals surface area contributed by atoms with E-state index in [1.165, 1.54) is 19.3 Å². The Balaban J connectivity index is 0.00000324. The molecule has 5 heteroatoms. The lowest BCUT2D eigenvalue weighted by molar-refractivity contribution is 0.268. The van der Waals surface area contributed by atoms with Crippen LogP contribution in [0.4, 0.5) is 0 Å². The first-order chi connectivity index (χ1) is 8.67. The third-order valence-corrected chi connectivity index (χ3v) is 3.66. The lowest BCUT2D eigenvalue weighted by Crippen LogP contribution is -2.43. The van der Waals surface area contributed by atoms with Gasteiger partial charge in [-0.05, 0) is 38.3 Å². The van der Waals surface area contributed by atoms with Crippen molar-refractivity contribution in [3.63, 3.8) is 0 Å². The highest BCUT2D eigenvalue weighted by Gasteiger charge is 2.17. The monoisotopic (exact) mass is 382 g/mol. The second-order valence-electron chi connectivity index (χ2n) is 5.37. The van der Waals surface area contributed by atoms with Gasteiger partial charge in [-0.1, -0.05) is 20.8 Å². The summed E-state index contributed by atoms with van der Waals surface area (Å²) in [5.41, 5.74) is 6.07. The van der Waals surface area contributed by atoms with Gasteiger partial charge in [0.1, 0.15) is 0 Å². The van der Waals surface area contributed by atoms with E-state index in [-0.39, 0.29) is 24.0 Å². The van der Waals surface area contributed by atoms with Gasteiger partial charge in [0.2, 0.25) is 0 Å². The van der Waals surface area contributed by atoms with Crippen LogP contribution < -0.4 is 5.73 Å². The third-order valence-electron chi connectivity index (χ3n) is 3.66. The Morgan fingerprint density at radius 2 is 2.11 bits per heavy atom. The molecule has 1 rings (SSSR count). The van der Waals surface area contributed by atoms with Crippen molar-refractivity contribution in [2.24, 2.45) is 16.6 Å². The first-order valence-electron chi connectivity index (χ1n) is 7.44. The number of guanidine groups is 1. The van der Waals surface area contributed by atoms with Crippen molar-refractivity contribution in [2.45, 2.75) is 40.0 Å². The van der Waals surface area contributed by atoms with Crippen molar-refractivity contribution >= 4 is 29.9 Å². The lowest BCUT2D eigenvalue weighted by atomic mass is 10.0. The molecule has 0 aromatic rings. The van der Waals surface area contributed by atoms with Gasteiger partial charge in [0, 0.05) is 19.6 Å². The molecule has 0 radical (unpaired) electrons. The van der Waals surface area contributed by atoms with Gasteiger partial charge in [-0.25, -0.2) is 0 Å². The topological polar surface area (TPSA) is 44.9 Å². The third kappa shape index (κ3) is 7.34. The number of halogens is 1. The average Bonchev–Trinajstić information content (AvgIpc) is 2.37. The van der Waals surface area contributed by atoms with Crippen molar-refractivity contribution < 1.29 is 0 Å². The summed E-state index contributed by atoms with van der Waals surface area (Å²) in [6.07, 6.45) is 3.77. The summed E-state index contributed by atoms with van der Waals surface area (Å²) in [5.74, 6) is 1.49. The first-order valence-corrected chi connectivity index (χ1v) is 7.44. The smallest absolute Gasteiger partial charge is 0.191 e. The van der Waals surface area contributed by atoms with E-state index >= 15 is 0 Å². The number of hydrogen-bond donors (Lipinski definition) is 1. The van der Waals surface area contributed by atoms with Crippen LogP contribution in [0.5, 0.6) is 0 Å². The summed E-state index contributed by atoms with van der Waals surface area (Å²) in [7, 11) is 0. The number of hydrogen-bond acceptors (Lipinski definition) is 2. The van der Waals surface area contributed by atoms with E-state index in [0.29, 0.717) is 0 Å². The van der Waals surface area contributed by atoms with Crippen molar-refractivity contribution in [3.8, 4) is 0 Å². The molecule has 0 bridgehead atoms. The molecule has 0 aliphatic carbocycles. The van der Waals surface area contributed by atoms with Gasteiger partial charge in [0.25, 0.3) is 0 Å². The minimum atomic E-state index is 0. The number of rotatable bonds is 6. The summed E-state index contributed by atoms with van der Waals surface area (Å²) >= 11 is 0. The predicted molar refractivity (Wildman–Crippen MR) is 94.3 cm³/mol. The summed E-state index contributed by atoms with van der Waals surface area (Å²) in [6, 6.07) is 0. The van der Waals surface area contributed by atoms with Gasteiger partial charge in [0.05, 0.1) is 6.54 Å². The fourth-order valence-electron chi connectivity index (χ4n) is 2.55. The number of likely N-dealkylation sites (tertiary alicyclic amines) is 1. The Morgan fingerprint density at radius 3 is 2.68 bits per heavy atom. The minimum absolute atomic E-state index is 0. The van der Waals surface area contributed by atoms with Crippen LogP contribution >= 0.6 is 24.0 Å². The lowest BCUT2D eigenvalue weighted by Gasteiger charge is -2.31. The number of likely N-dealkylation sites (N-methyl/N-ethyl adjacent to an activating group) is 1. The van der Waals surface area contributed by atoms with Crippen LogP contribution in [-0.4, -0.2) is 55.0 Å². The first kappa shape index (κ1) is 19.0. The molecule has 1 aliphatic rings. The summed E-state index contributed by atoms with van der Waals surface area (Å²) < 4.78 is 0. The van der Waals surface area contributed by atoms with E-state index in [0.717, 1.165) is 51.1 Å². The van der Waals surface area contributed by atoms with E-state index in [4.69, 9.17) is 5.73 Å². The molecule has 1 aliphatic heterocycles. The Morgan fingerprint density at radius 1 is 1.37 bits per heavy atom. The Bertz CT molecular complexity index is 258. The van der Waals surface area contributed by atoms with Gasteiger partial charge >= 0.3 is 0 Å². The summed E-state index contributed by atoms with van der Waals surface area (Å²) in [6.45, 7) is 13.0. The van der Waals surface area contributed by atoms with Gasteiger partial charge in [-0.15, -0.1) is 24.0 Å². The van der Waals surface area contributed by atoms with E-state index in [9.17, 15) is 0 Å². The van der Waals surface area contributed by atoms with E-state index in [2.05, 4.69) is 35.6 Å². The SMILES string of the molecule is CCCN(CC)CCN=C(N)N1CCCC(C)C1.I. The van der Waals surface area contributed by atoms with Crippen LogP contribution in [-0.2, 0) is 0 Å². The highest BCUT2D eigenvalue weighted by atomic mass is 127. The van der Waals surface area contributed by atoms with Crippen LogP contribution in [0.3, 0.4) is 0 Å². The fourth-order valence-corrected chi connectivity index (χ4v) is 2.55. The molecule has 0 saturated carbocycles. The van der Waals surface area contributed by atoms with Crippen LogP contribution in [0, 0.1) is 5.92 Å².